The monoisotopic (exact) mass is 322 g/mol. The maximum atomic E-state index is 12.2. The first kappa shape index (κ1) is 16.0. The number of aliphatic hydroxyl groups excluding tert-OH is 1. The summed E-state index contributed by atoms with van der Waals surface area (Å²) in [4.78, 5) is 30.6. The van der Waals surface area contributed by atoms with Crippen LogP contribution in [-0.2, 0) is 0 Å². The second-order valence-electron chi connectivity index (χ2n) is 4.65. The maximum absolute atomic E-state index is 12.2. The standard InChI is InChI=1S/C14H15ClN4O3/c1-8(20)6-16-13(21)11-12(18-7-17-11)14(22)19-10-4-2-3-9(15)5-10/h2-5,7-8,20H,6H2,1H3,(H,16,21)(H,17,18)(H,19,22)/t8-/m0/s1. The van der Waals surface area contributed by atoms with Crippen molar-refractivity contribution in [2.24, 2.45) is 0 Å². The summed E-state index contributed by atoms with van der Waals surface area (Å²) in [6.45, 7) is 1.62. The van der Waals surface area contributed by atoms with Gasteiger partial charge in [0.25, 0.3) is 11.8 Å². The molecule has 1 atom stereocenters. The van der Waals surface area contributed by atoms with E-state index < -0.39 is 17.9 Å². The lowest BCUT2D eigenvalue weighted by Gasteiger charge is -2.08. The van der Waals surface area contributed by atoms with Crippen LogP contribution in [0.4, 0.5) is 5.69 Å². The average Bonchev–Trinajstić information content (AvgIpc) is 2.94. The Hall–Kier alpha value is -2.38. The van der Waals surface area contributed by atoms with Crippen molar-refractivity contribution in [2.45, 2.75) is 13.0 Å². The molecule has 0 spiro atoms. The summed E-state index contributed by atoms with van der Waals surface area (Å²) < 4.78 is 0. The van der Waals surface area contributed by atoms with Crippen molar-refractivity contribution in [3.05, 3.63) is 47.0 Å². The second-order valence-corrected chi connectivity index (χ2v) is 5.09. The minimum atomic E-state index is -0.685. The topological polar surface area (TPSA) is 107 Å². The SMILES string of the molecule is C[C@H](O)CNC(=O)c1[nH]cnc1C(=O)Nc1cccc(Cl)c1. The maximum Gasteiger partial charge on any atom is 0.276 e. The molecule has 0 fully saturated rings. The fourth-order valence-corrected chi connectivity index (χ4v) is 1.92. The van der Waals surface area contributed by atoms with Crippen LogP contribution >= 0.6 is 11.6 Å². The van der Waals surface area contributed by atoms with Gasteiger partial charge in [0, 0.05) is 17.3 Å². The first-order valence-electron chi connectivity index (χ1n) is 6.54. The molecule has 0 radical (unpaired) electrons. The predicted molar refractivity (Wildman–Crippen MR) is 82.0 cm³/mol. The summed E-state index contributed by atoms with van der Waals surface area (Å²) in [7, 11) is 0. The van der Waals surface area contributed by atoms with E-state index in [1.165, 1.54) is 6.33 Å². The minimum Gasteiger partial charge on any atom is -0.392 e. The number of carbonyl (C=O) groups is 2. The Balaban J connectivity index is 2.11. The van der Waals surface area contributed by atoms with E-state index >= 15 is 0 Å². The van der Waals surface area contributed by atoms with Crippen LogP contribution in [0.5, 0.6) is 0 Å². The van der Waals surface area contributed by atoms with Gasteiger partial charge < -0.3 is 20.7 Å². The molecule has 7 nitrogen and oxygen atoms in total. The van der Waals surface area contributed by atoms with E-state index in [0.717, 1.165) is 0 Å². The van der Waals surface area contributed by atoms with Crippen molar-refractivity contribution in [1.82, 2.24) is 15.3 Å². The number of aromatic amines is 1. The lowest BCUT2D eigenvalue weighted by molar-refractivity contribution is 0.0909. The zero-order chi connectivity index (χ0) is 16.1. The molecule has 116 valence electrons. The van der Waals surface area contributed by atoms with Gasteiger partial charge in [0.15, 0.2) is 5.69 Å². The van der Waals surface area contributed by atoms with Crippen molar-refractivity contribution in [2.75, 3.05) is 11.9 Å². The number of carbonyl (C=O) groups excluding carboxylic acids is 2. The smallest absolute Gasteiger partial charge is 0.276 e. The van der Waals surface area contributed by atoms with E-state index in [0.29, 0.717) is 10.7 Å². The van der Waals surface area contributed by atoms with Gasteiger partial charge in [-0.25, -0.2) is 4.98 Å². The number of hydrogen-bond acceptors (Lipinski definition) is 4. The number of nitrogens with one attached hydrogen (secondary N) is 3. The molecule has 8 heteroatoms. The van der Waals surface area contributed by atoms with E-state index in [4.69, 9.17) is 16.7 Å². The number of halogens is 1. The first-order valence-corrected chi connectivity index (χ1v) is 6.91. The normalized spacial score (nSPS) is 11.8. The fraction of sp³-hybridized carbons (Fsp3) is 0.214. The van der Waals surface area contributed by atoms with Crippen molar-refractivity contribution in [1.29, 1.82) is 0 Å². The van der Waals surface area contributed by atoms with Crippen LogP contribution in [-0.4, -0.2) is 39.5 Å². The highest BCUT2D eigenvalue weighted by molar-refractivity contribution is 6.31. The number of H-pyrrole nitrogens is 1. The van der Waals surface area contributed by atoms with Crippen molar-refractivity contribution in [3.8, 4) is 0 Å². The molecule has 2 amide bonds. The molecule has 1 aromatic carbocycles. The Kier molecular flexibility index (Phi) is 5.13. The molecule has 4 N–H and O–H groups in total. The highest BCUT2D eigenvalue weighted by Crippen LogP contribution is 2.16. The van der Waals surface area contributed by atoms with Gasteiger partial charge in [0.1, 0.15) is 5.69 Å². The van der Waals surface area contributed by atoms with Crippen LogP contribution in [0.25, 0.3) is 0 Å². The zero-order valence-electron chi connectivity index (χ0n) is 11.8. The Bertz CT molecular complexity index is 684. The summed E-state index contributed by atoms with van der Waals surface area (Å²) in [5.74, 6) is -1.06. The second kappa shape index (κ2) is 7.06. The lowest BCUT2D eigenvalue weighted by atomic mass is 10.2. The van der Waals surface area contributed by atoms with Gasteiger partial charge in [-0.15, -0.1) is 0 Å². The molecule has 0 bridgehead atoms. The van der Waals surface area contributed by atoms with Crippen molar-refractivity contribution < 1.29 is 14.7 Å². The predicted octanol–water partition coefficient (Wildman–Crippen LogP) is 1.43. The van der Waals surface area contributed by atoms with Crippen LogP contribution in [0, 0.1) is 0 Å². The molecule has 1 aromatic heterocycles. The van der Waals surface area contributed by atoms with E-state index in [9.17, 15) is 9.59 Å². The molecule has 0 saturated carbocycles. The lowest BCUT2D eigenvalue weighted by Crippen LogP contribution is -2.32. The third-order valence-corrected chi connectivity index (χ3v) is 2.96. The zero-order valence-corrected chi connectivity index (χ0v) is 12.5. The third kappa shape index (κ3) is 4.06. The summed E-state index contributed by atoms with van der Waals surface area (Å²) in [5.41, 5.74) is 0.485. The number of anilines is 1. The van der Waals surface area contributed by atoms with Crippen molar-refractivity contribution in [3.63, 3.8) is 0 Å². The van der Waals surface area contributed by atoms with Crippen LogP contribution < -0.4 is 10.6 Å². The Labute approximate surface area is 131 Å². The summed E-state index contributed by atoms with van der Waals surface area (Å²) in [5, 5.41) is 14.7. The quantitative estimate of drug-likeness (QED) is 0.668. The van der Waals surface area contributed by atoms with Crippen molar-refractivity contribution >= 4 is 29.1 Å². The highest BCUT2D eigenvalue weighted by Gasteiger charge is 2.20. The number of amides is 2. The van der Waals surface area contributed by atoms with Gasteiger partial charge >= 0.3 is 0 Å². The molecule has 0 unspecified atom stereocenters. The highest BCUT2D eigenvalue weighted by atomic mass is 35.5. The largest absolute Gasteiger partial charge is 0.392 e. The first-order chi connectivity index (χ1) is 10.5. The molecule has 2 rings (SSSR count). The molecule has 22 heavy (non-hydrogen) atoms. The number of aliphatic hydroxyl groups is 1. The minimum absolute atomic E-state index is 0.0279. The van der Waals surface area contributed by atoms with Crippen LogP contribution in [0.3, 0.4) is 0 Å². The summed E-state index contributed by atoms with van der Waals surface area (Å²) >= 11 is 5.84. The number of imidazole rings is 1. The van der Waals surface area contributed by atoms with Crippen LogP contribution in [0.15, 0.2) is 30.6 Å². The average molecular weight is 323 g/mol. The molecular weight excluding hydrogens is 308 g/mol. The van der Waals surface area contributed by atoms with E-state index in [-0.39, 0.29) is 17.9 Å². The Morgan fingerprint density at radius 1 is 1.41 bits per heavy atom. The molecular formula is C14H15ClN4O3. The van der Waals surface area contributed by atoms with Gasteiger partial charge in [0.05, 0.1) is 12.4 Å². The summed E-state index contributed by atoms with van der Waals surface area (Å²) in [6.07, 6.45) is 0.570. The van der Waals surface area contributed by atoms with Gasteiger partial charge in [-0.3, -0.25) is 9.59 Å². The van der Waals surface area contributed by atoms with Crippen LogP contribution in [0.2, 0.25) is 5.02 Å². The van der Waals surface area contributed by atoms with E-state index in [2.05, 4.69) is 20.6 Å². The number of aromatic nitrogens is 2. The molecule has 0 saturated heterocycles. The summed E-state index contributed by atoms with van der Waals surface area (Å²) in [6, 6.07) is 6.63. The Morgan fingerprint density at radius 2 is 2.18 bits per heavy atom. The molecule has 1 heterocycles. The van der Waals surface area contributed by atoms with Gasteiger partial charge in [0.2, 0.25) is 0 Å². The molecule has 0 aliphatic heterocycles. The van der Waals surface area contributed by atoms with E-state index in [1.807, 2.05) is 0 Å². The van der Waals surface area contributed by atoms with Gasteiger partial charge in [-0.05, 0) is 25.1 Å². The van der Waals surface area contributed by atoms with Gasteiger partial charge in [-0.1, -0.05) is 17.7 Å². The van der Waals surface area contributed by atoms with E-state index in [1.54, 1.807) is 31.2 Å². The molecule has 2 aromatic rings. The fourth-order valence-electron chi connectivity index (χ4n) is 1.72. The number of nitrogens with zero attached hydrogens (tertiary/aromatic N) is 1. The molecule has 0 aliphatic carbocycles. The number of rotatable bonds is 5. The van der Waals surface area contributed by atoms with Crippen LogP contribution in [0.1, 0.15) is 27.9 Å². The Morgan fingerprint density at radius 3 is 2.86 bits per heavy atom. The third-order valence-electron chi connectivity index (χ3n) is 2.72. The number of benzene rings is 1. The molecule has 0 aliphatic rings. The number of hydrogen-bond donors (Lipinski definition) is 4. The van der Waals surface area contributed by atoms with Gasteiger partial charge in [-0.2, -0.15) is 0 Å².